The predicted octanol–water partition coefficient (Wildman–Crippen LogP) is 4.37. The van der Waals surface area contributed by atoms with Gasteiger partial charge in [-0.2, -0.15) is 5.10 Å². The average Bonchev–Trinajstić information content (AvgIpc) is 3.15. The maximum Gasteiger partial charge on any atom is 0.311 e. The monoisotopic (exact) mass is 395 g/mol. The molecule has 0 aliphatic heterocycles. The van der Waals surface area contributed by atoms with Crippen molar-refractivity contribution >= 4 is 28.7 Å². The fraction of sp³-hybridized carbons (Fsp3) is 0.190. The Hall–Kier alpha value is -3.19. The Labute approximate surface area is 167 Å². The Kier molecular flexibility index (Phi) is 6.75. The van der Waals surface area contributed by atoms with Crippen LogP contribution in [0, 0.1) is 0 Å². The van der Waals surface area contributed by atoms with E-state index in [1.54, 1.807) is 20.2 Å². The van der Waals surface area contributed by atoms with E-state index >= 15 is 0 Å². The first-order valence-electron chi connectivity index (χ1n) is 8.82. The van der Waals surface area contributed by atoms with Crippen molar-refractivity contribution in [3.05, 3.63) is 65.2 Å². The van der Waals surface area contributed by atoms with Crippen molar-refractivity contribution in [2.24, 2.45) is 5.10 Å². The number of esters is 1. The summed E-state index contributed by atoms with van der Waals surface area (Å²) in [6, 6.07) is 15.9. The van der Waals surface area contributed by atoms with Crippen LogP contribution in [-0.4, -0.2) is 30.9 Å². The molecule has 0 atom stereocenters. The second-order valence-corrected chi connectivity index (χ2v) is 6.68. The summed E-state index contributed by atoms with van der Waals surface area (Å²) in [6.45, 7) is 2.15. The van der Waals surface area contributed by atoms with Gasteiger partial charge in [0.15, 0.2) is 0 Å². The lowest BCUT2D eigenvalue weighted by molar-refractivity contribution is -0.142. The Bertz CT molecular complexity index is 955. The summed E-state index contributed by atoms with van der Waals surface area (Å²) in [4.78, 5) is 15.8. The van der Waals surface area contributed by atoms with Crippen LogP contribution in [0.15, 0.2) is 59.0 Å². The Balaban J connectivity index is 1.68. The Morgan fingerprint density at radius 1 is 1.25 bits per heavy atom. The van der Waals surface area contributed by atoms with Crippen LogP contribution >= 0.6 is 11.3 Å². The van der Waals surface area contributed by atoms with Crippen molar-refractivity contribution < 1.29 is 14.3 Å². The maximum absolute atomic E-state index is 11.5. The molecule has 0 saturated heterocycles. The highest BCUT2D eigenvalue weighted by molar-refractivity contribution is 7.13. The van der Waals surface area contributed by atoms with E-state index in [0.717, 1.165) is 22.4 Å². The molecule has 0 radical (unpaired) electrons. The second kappa shape index (κ2) is 9.66. The SMILES string of the molecule is CCOC(=O)Cc1csc(NN=Cc2ccc(OC)c(-c3ccccc3)c2)n1. The van der Waals surface area contributed by atoms with Gasteiger partial charge in [-0.3, -0.25) is 10.2 Å². The summed E-state index contributed by atoms with van der Waals surface area (Å²) < 4.78 is 10.4. The van der Waals surface area contributed by atoms with Gasteiger partial charge in [0.25, 0.3) is 0 Å². The number of anilines is 1. The van der Waals surface area contributed by atoms with Crippen LogP contribution in [0.4, 0.5) is 5.13 Å². The number of ether oxygens (including phenoxy) is 2. The summed E-state index contributed by atoms with van der Waals surface area (Å²) in [5.41, 5.74) is 6.56. The Morgan fingerprint density at radius 2 is 2.07 bits per heavy atom. The standard InChI is InChI=1S/C21H21N3O3S/c1-3-27-20(25)12-17-14-28-21(23-17)24-22-13-15-9-10-19(26-2)18(11-15)16-7-5-4-6-8-16/h4-11,13-14H,3,12H2,1-2H3,(H,23,24). The van der Waals surface area contributed by atoms with Gasteiger partial charge in [0.1, 0.15) is 5.75 Å². The van der Waals surface area contributed by atoms with Crippen molar-refractivity contribution in [1.29, 1.82) is 0 Å². The van der Waals surface area contributed by atoms with Gasteiger partial charge >= 0.3 is 5.97 Å². The average molecular weight is 395 g/mol. The molecule has 0 amide bonds. The molecule has 1 N–H and O–H groups in total. The van der Waals surface area contributed by atoms with Gasteiger partial charge in [-0.1, -0.05) is 30.3 Å². The third-order valence-corrected chi connectivity index (χ3v) is 4.66. The second-order valence-electron chi connectivity index (χ2n) is 5.82. The van der Waals surface area contributed by atoms with Gasteiger partial charge in [-0.15, -0.1) is 11.3 Å². The molecule has 3 rings (SSSR count). The highest BCUT2D eigenvalue weighted by Crippen LogP contribution is 2.30. The van der Waals surface area contributed by atoms with Gasteiger partial charge in [0, 0.05) is 10.9 Å². The molecule has 0 fully saturated rings. The molecule has 1 heterocycles. The fourth-order valence-corrected chi connectivity index (χ4v) is 3.27. The molecule has 0 unspecified atom stereocenters. The minimum atomic E-state index is -0.283. The van der Waals surface area contributed by atoms with Crippen LogP contribution in [0.5, 0.6) is 5.75 Å². The summed E-state index contributed by atoms with van der Waals surface area (Å²) in [5, 5.41) is 6.68. The molecule has 28 heavy (non-hydrogen) atoms. The normalized spacial score (nSPS) is 10.8. The number of carbonyl (C=O) groups excluding carboxylic acids is 1. The van der Waals surface area contributed by atoms with E-state index < -0.39 is 0 Å². The van der Waals surface area contributed by atoms with Gasteiger partial charge in [-0.05, 0) is 36.2 Å². The number of thiazole rings is 1. The molecule has 1 aromatic heterocycles. The molecule has 0 saturated carbocycles. The topological polar surface area (TPSA) is 72.8 Å². The third-order valence-electron chi connectivity index (χ3n) is 3.86. The lowest BCUT2D eigenvalue weighted by Gasteiger charge is -2.09. The zero-order valence-electron chi connectivity index (χ0n) is 15.7. The number of methoxy groups -OCH3 is 1. The van der Waals surface area contributed by atoms with E-state index in [1.807, 2.05) is 53.9 Å². The summed E-state index contributed by atoms with van der Waals surface area (Å²) in [6.07, 6.45) is 1.88. The fourth-order valence-electron chi connectivity index (χ4n) is 2.61. The third kappa shape index (κ3) is 5.17. The van der Waals surface area contributed by atoms with E-state index in [2.05, 4.69) is 15.5 Å². The number of aromatic nitrogens is 1. The zero-order chi connectivity index (χ0) is 19.8. The van der Waals surface area contributed by atoms with Crippen molar-refractivity contribution in [2.45, 2.75) is 13.3 Å². The van der Waals surface area contributed by atoms with Gasteiger partial charge in [-0.25, -0.2) is 4.98 Å². The highest BCUT2D eigenvalue weighted by atomic mass is 32.1. The first-order valence-corrected chi connectivity index (χ1v) is 9.70. The first-order chi connectivity index (χ1) is 13.7. The summed E-state index contributed by atoms with van der Waals surface area (Å²) in [7, 11) is 1.66. The number of rotatable bonds is 8. The smallest absolute Gasteiger partial charge is 0.311 e. The first kappa shape index (κ1) is 19.6. The molecular weight excluding hydrogens is 374 g/mol. The van der Waals surface area contributed by atoms with Gasteiger partial charge in [0.05, 0.1) is 32.0 Å². The van der Waals surface area contributed by atoms with E-state index in [-0.39, 0.29) is 12.4 Å². The number of nitrogens with one attached hydrogen (secondary N) is 1. The predicted molar refractivity (Wildman–Crippen MR) is 112 cm³/mol. The molecule has 0 bridgehead atoms. The maximum atomic E-state index is 11.5. The minimum Gasteiger partial charge on any atom is -0.496 e. The van der Waals surface area contributed by atoms with Crippen molar-refractivity contribution in [3.63, 3.8) is 0 Å². The van der Waals surface area contributed by atoms with Crippen LogP contribution in [-0.2, 0) is 16.0 Å². The quantitative estimate of drug-likeness (QED) is 0.348. The lowest BCUT2D eigenvalue weighted by Crippen LogP contribution is -2.07. The van der Waals surface area contributed by atoms with Crippen LogP contribution in [0.3, 0.4) is 0 Å². The molecule has 0 aliphatic rings. The van der Waals surface area contributed by atoms with E-state index in [4.69, 9.17) is 9.47 Å². The molecule has 6 nitrogen and oxygen atoms in total. The summed E-state index contributed by atoms with van der Waals surface area (Å²) >= 11 is 1.39. The van der Waals surface area contributed by atoms with Crippen LogP contribution in [0.25, 0.3) is 11.1 Å². The molecular formula is C21H21N3O3S. The van der Waals surface area contributed by atoms with E-state index in [9.17, 15) is 4.79 Å². The van der Waals surface area contributed by atoms with E-state index in [1.165, 1.54) is 11.3 Å². The number of carbonyl (C=O) groups is 1. The molecule has 144 valence electrons. The lowest BCUT2D eigenvalue weighted by atomic mass is 10.0. The molecule has 2 aromatic carbocycles. The number of hydrogen-bond acceptors (Lipinski definition) is 7. The number of benzene rings is 2. The van der Waals surface area contributed by atoms with E-state index in [0.29, 0.717) is 17.4 Å². The van der Waals surface area contributed by atoms with Gasteiger partial charge in [0.2, 0.25) is 5.13 Å². The minimum absolute atomic E-state index is 0.161. The van der Waals surface area contributed by atoms with Crippen LogP contribution in [0.1, 0.15) is 18.2 Å². The molecule has 0 spiro atoms. The number of hydrogen-bond donors (Lipinski definition) is 1. The number of nitrogens with zero attached hydrogens (tertiary/aromatic N) is 2. The highest BCUT2D eigenvalue weighted by Gasteiger charge is 2.08. The zero-order valence-corrected chi connectivity index (χ0v) is 16.5. The summed E-state index contributed by atoms with van der Waals surface area (Å²) in [5.74, 6) is 0.523. The van der Waals surface area contributed by atoms with Crippen molar-refractivity contribution in [2.75, 3.05) is 19.1 Å². The molecule has 3 aromatic rings. The Morgan fingerprint density at radius 3 is 2.82 bits per heavy atom. The van der Waals surface area contributed by atoms with Crippen molar-refractivity contribution in [1.82, 2.24) is 4.98 Å². The molecule has 7 heteroatoms. The van der Waals surface area contributed by atoms with Gasteiger partial charge < -0.3 is 9.47 Å². The number of hydrazone groups is 1. The largest absolute Gasteiger partial charge is 0.496 e. The van der Waals surface area contributed by atoms with Crippen LogP contribution < -0.4 is 10.2 Å². The van der Waals surface area contributed by atoms with Crippen LogP contribution in [0.2, 0.25) is 0 Å². The molecule has 0 aliphatic carbocycles. The van der Waals surface area contributed by atoms with Crippen molar-refractivity contribution in [3.8, 4) is 16.9 Å².